The summed E-state index contributed by atoms with van der Waals surface area (Å²) in [7, 11) is 0. The highest BCUT2D eigenvalue weighted by Crippen LogP contribution is 2.25. The summed E-state index contributed by atoms with van der Waals surface area (Å²) in [5.74, 6) is 1.02. The average Bonchev–Trinajstić information content (AvgIpc) is 2.95. The highest BCUT2D eigenvalue weighted by Gasteiger charge is 2.09. The Bertz CT molecular complexity index is 533. The molecule has 5 heteroatoms. The number of nitrogens with one attached hydrogen (secondary N) is 1. The molecule has 1 aromatic carbocycles. The van der Waals surface area contributed by atoms with Gasteiger partial charge < -0.3 is 10.4 Å². The number of thioether (sulfide) groups is 1. The third kappa shape index (κ3) is 5.11. The van der Waals surface area contributed by atoms with Crippen LogP contribution in [-0.4, -0.2) is 34.7 Å². The van der Waals surface area contributed by atoms with Gasteiger partial charge in [0.05, 0.1) is 0 Å². The molecule has 114 valence electrons. The SMILES string of the molecule is CSCC(CCO)NCc1cnc(-c2ccc(C)cc2)s1. The van der Waals surface area contributed by atoms with Gasteiger partial charge in [-0.15, -0.1) is 11.3 Å². The van der Waals surface area contributed by atoms with E-state index in [9.17, 15) is 0 Å². The summed E-state index contributed by atoms with van der Waals surface area (Å²) in [5, 5.41) is 13.6. The van der Waals surface area contributed by atoms with E-state index < -0.39 is 0 Å². The molecule has 0 aliphatic rings. The Balaban J connectivity index is 1.95. The topological polar surface area (TPSA) is 45.1 Å². The van der Waals surface area contributed by atoms with Crippen LogP contribution >= 0.6 is 23.1 Å². The number of aromatic nitrogens is 1. The lowest BCUT2D eigenvalue weighted by Crippen LogP contribution is -2.31. The van der Waals surface area contributed by atoms with E-state index in [-0.39, 0.29) is 6.61 Å². The Hall–Kier alpha value is -0.880. The number of hydrogen-bond donors (Lipinski definition) is 2. The molecule has 0 spiro atoms. The predicted octanol–water partition coefficient (Wildman–Crippen LogP) is 3.32. The zero-order valence-electron chi connectivity index (χ0n) is 12.5. The van der Waals surface area contributed by atoms with Gasteiger partial charge in [0.25, 0.3) is 0 Å². The van der Waals surface area contributed by atoms with Crippen molar-refractivity contribution in [2.45, 2.75) is 25.9 Å². The van der Waals surface area contributed by atoms with Crippen LogP contribution in [0.4, 0.5) is 0 Å². The van der Waals surface area contributed by atoms with Gasteiger partial charge in [0.1, 0.15) is 5.01 Å². The van der Waals surface area contributed by atoms with E-state index in [0.29, 0.717) is 6.04 Å². The van der Waals surface area contributed by atoms with Crippen molar-refractivity contribution >= 4 is 23.1 Å². The molecule has 1 unspecified atom stereocenters. The molecule has 21 heavy (non-hydrogen) atoms. The van der Waals surface area contributed by atoms with E-state index in [4.69, 9.17) is 5.11 Å². The van der Waals surface area contributed by atoms with Crippen molar-refractivity contribution in [3.8, 4) is 10.6 Å². The maximum absolute atomic E-state index is 9.08. The molecule has 0 aliphatic carbocycles. The molecular formula is C16H22N2OS2. The molecule has 0 radical (unpaired) electrons. The van der Waals surface area contributed by atoms with Gasteiger partial charge in [-0.2, -0.15) is 11.8 Å². The summed E-state index contributed by atoms with van der Waals surface area (Å²) >= 11 is 3.53. The molecule has 0 saturated heterocycles. The lowest BCUT2D eigenvalue weighted by atomic mass is 10.2. The first-order chi connectivity index (χ1) is 10.2. The van der Waals surface area contributed by atoms with E-state index in [1.54, 1.807) is 23.1 Å². The fourth-order valence-corrected chi connectivity index (χ4v) is 3.62. The summed E-state index contributed by atoms with van der Waals surface area (Å²) < 4.78 is 0. The van der Waals surface area contributed by atoms with Gasteiger partial charge in [0.15, 0.2) is 0 Å². The van der Waals surface area contributed by atoms with Crippen molar-refractivity contribution in [2.24, 2.45) is 0 Å². The van der Waals surface area contributed by atoms with E-state index in [1.807, 2.05) is 6.20 Å². The van der Waals surface area contributed by atoms with Crippen LogP contribution in [0.2, 0.25) is 0 Å². The standard InChI is InChI=1S/C16H22N2OS2/c1-12-3-5-13(6-4-12)16-18-10-15(21-16)9-17-14(7-8-19)11-20-2/h3-6,10,14,17,19H,7-9,11H2,1-2H3. The van der Waals surface area contributed by atoms with E-state index in [1.165, 1.54) is 16.0 Å². The summed E-state index contributed by atoms with van der Waals surface area (Å²) in [6, 6.07) is 8.82. The normalized spacial score (nSPS) is 12.5. The fourth-order valence-electron chi connectivity index (χ4n) is 2.07. The molecule has 1 atom stereocenters. The molecule has 2 rings (SSSR count). The Morgan fingerprint density at radius 3 is 2.76 bits per heavy atom. The minimum absolute atomic E-state index is 0.232. The zero-order valence-corrected chi connectivity index (χ0v) is 14.1. The van der Waals surface area contributed by atoms with Crippen LogP contribution < -0.4 is 5.32 Å². The van der Waals surface area contributed by atoms with Gasteiger partial charge in [0.2, 0.25) is 0 Å². The number of nitrogens with zero attached hydrogens (tertiary/aromatic N) is 1. The molecule has 0 amide bonds. The molecular weight excluding hydrogens is 300 g/mol. The lowest BCUT2D eigenvalue weighted by Gasteiger charge is -2.15. The van der Waals surface area contributed by atoms with Crippen LogP contribution in [0, 0.1) is 6.92 Å². The molecule has 0 aliphatic heterocycles. The highest BCUT2D eigenvalue weighted by atomic mass is 32.2. The van der Waals surface area contributed by atoms with E-state index >= 15 is 0 Å². The molecule has 0 saturated carbocycles. The van der Waals surface area contributed by atoms with Crippen LogP contribution in [0.15, 0.2) is 30.5 Å². The molecule has 1 aromatic heterocycles. The van der Waals surface area contributed by atoms with Gasteiger partial charge in [0, 0.05) is 41.6 Å². The molecule has 2 N–H and O–H groups in total. The third-order valence-electron chi connectivity index (χ3n) is 3.26. The van der Waals surface area contributed by atoms with Crippen LogP contribution in [0.3, 0.4) is 0 Å². The molecule has 0 fully saturated rings. The van der Waals surface area contributed by atoms with Gasteiger partial charge >= 0.3 is 0 Å². The van der Waals surface area contributed by atoms with Crippen LogP contribution in [0.5, 0.6) is 0 Å². The molecule has 2 aromatic rings. The zero-order chi connectivity index (χ0) is 15.1. The summed E-state index contributed by atoms with van der Waals surface area (Å²) in [5.41, 5.74) is 2.44. The molecule has 0 bridgehead atoms. The van der Waals surface area contributed by atoms with Gasteiger partial charge in [-0.3, -0.25) is 0 Å². The van der Waals surface area contributed by atoms with Crippen molar-refractivity contribution in [1.82, 2.24) is 10.3 Å². The fraction of sp³-hybridized carbons (Fsp3) is 0.438. The smallest absolute Gasteiger partial charge is 0.123 e. The van der Waals surface area contributed by atoms with Crippen LogP contribution in [-0.2, 0) is 6.54 Å². The van der Waals surface area contributed by atoms with Crippen LogP contribution in [0.25, 0.3) is 10.6 Å². The van der Waals surface area contributed by atoms with E-state index in [0.717, 1.165) is 23.7 Å². The van der Waals surface area contributed by atoms with Crippen LogP contribution in [0.1, 0.15) is 16.9 Å². The lowest BCUT2D eigenvalue weighted by molar-refractivity contribution is 0.270. The third-order valence-corrected chi connectivity index (χ3v) is 5.04. The number of thiazole rings is 1. The summed E-state index contributed by atoms with van der Waals surface area (Å²) in [6.45, 7) is 3.14. The maximum Gasteiger partial charge on any atom is 0.123 e. The van der Waals surface area contributed by atoms with Gasteiger partial charge in [-0.05, 0) is 19.6 Å². The quantitative estimate of drug-likeness (QED) is 0.782. The minimum atomic E-state index is 0.232. The Labute approximate surface area is 134 Å². The van der Waals surface area contributed by atoms with Crippen molar-refractivity contribution in [3.63, 3.8) is 0 Å². The van der Waals surface area contributed by atoms with Crippen molar-refractivity contribution in [2.75, 3.05) is 18.6 Å². The van der Waals surface area contributed by atoms with Crippen molar-refractivity contribution < 1.29 is 5.11 Å². The number of aryl methyl sites for hydroxylation is 1. The van der Waals surface area contributed by atoms with Gasteiger partial charge in [-0.25, -0.2) is 4.98 Å². The number of hydrogen-bond acceptors (Lipinski definition) is 5. The first kappa shape index (κ1) is 16.5. The Morgan fingerprint density at radius 1 is 1.33 bits per heavy atom. The summed E-state index contributed by atoms with van der Waals surface area (Å²) in [4.78, 5) is 5.74. The average molecular weight is 322 g/mol. The van der Waals surface area contributed by atoms with Gasteiger partial charge in [-0.1, -0.05) is 29.8 Å². The number of benzene rings is 1. The van der Waals surface area contributed by atoms with E-state index in [2.05, 4.69) is 47.7 Å². The molecule has 3 nitrogen and oxygen atoms in total. The molecule has 1 heterocycles. The second kappa shape index (κ2) is 8.54. The second-order valence-corrected chi connectivity index (χ2v) is 7.07. The monoisotopic (exact) mass is 322 g/mol. The van der Waals surface area contributed by atoms with Crippen molar-refractivity contribution in [3.05, 3.63) is 40.9 Å². The Morgan fingerprint density at radius 2 is 2.10 bits per heavy atom. The minimum Gasteiger partial charge on any atom is -0.396 e. The highest BCUT2D eigenvalue weighted by molar-refractivity contribution is 7.98. The second-order valence-electron chi connectivity index (χ2n) is 5.04. The summed E-state index contributed by atoms with van der Waals surface area (Å²) in [6.07, 6.45) is 4.83. The number of rotatable bonds is 8. The maximum atomic E-state index is 9.08. The number of aliphatic hydroxyl groups is 1. The first-order valence-electron chi connectivity index (χ1n) is 7.08. The Kier molecular flexibility index (Phi) is 6.70. The predicted molar refractivity (Wildman–Crippen MR) is 93.0 cm³/mol. The largest absolute Gasteiger partial charge is 0.396 e. The first-order valence-corrected chi connectivity index (χ1v) is 9.29. The number of aliphatic hydroxyl groups excluding tert-OH is 1. The van der Waals surface area contributed by atoms with Crippen molar-refractivity contribution in [1.29, 1.82) is 0 Å².